The number of nitrogens with one attached hydrogen (secondary N) is 1. The molecule has 1 heterocycles. The molecule has 0 unspecified atom stereocenters. The summed E-state index contributed by atoms with van der Waals surface area (Å²) in [5, 5.41) is 3.60. The summed E-state index contributed by atoms with van der Waals surface area (Å²) in [7, 11) is 1.70. The van der Waals surface area contributed by atoms with Crippen LogP contribution in [0.4, 0.5) is 0 Å². The number of hydrogen-bond acceptors (Lipinski definition) is 3. The van der Waals surface area contributed by atoms with Crippen LogP contribution in [-0.4, -0.2) is 37.7 Å². The highest BCUT2D eigenvalue weighted by molar-refractivity contribution is 9.10. The molecule has 0 bridgehead atoms. The van der Waals surface area contributed by atoms with Gasteiger partial charge in [0.15, 0.2) is 0 Å². The first-order valence-electron chi connectivity index (χ1n) is 7.53. The maximum absolute atomic E-state index is 5.25. The third-order valence-electron chi connectivity index (χ3n) is 4.36. The van der Waals surface area contributed by atoms with Crippen LogP contribution in [0.3, 0.4) is 0 Å². The van der Waals surface area contributed by atoms with Crippen molar-refractivity contribution in [3.8, 4) is 5.75 Å². The second kappa shape index (κ2) is 6.46. The Morgan fingerprint density at radius 2 is 2.20 bits per heavy atom. The van der Waals surface area contributed by atoms with Gasteiger partial charge in [0.1, 0.15) is 5.75 Å². The minimum absolute atomic E-state index is 0.831. The third kappa shape index (κ3) is 3.54. The molecule has 0 amide bonds. The second-order valence-corrected chi connectivity index (χ2v) is 6.83. The van der Waals surface area contributed by atoms with E-state index in [0.29, 0.717) is 0 Å². The lowest BCUT2D eigenvalue weighted by Gasteiger charge is -2.15. The summed E-state index contributed by atoms with van der Waals surface area (Å²) in [6.07, 6.45) is 4.22. The van der Waals surface area contributed by atoms with E-state index in [-0.39, 0.29) is 0 Å². The normalized spacial score (nSPS) is 23.2. The number of hydrogen-bond donors (Lipinski definition) is 1. The molecule has 4 heteroatoms. The Bertz CT molecular complexity index is 462. The Hall–Kier alpha value is -0.580. The molecule has 3 nitrogen and oxygen atoms in total. The monoisotopic (exact) mass is 338 g/mol. The molecule has 1 aromatic carbocycles. The summed E-state index contributed by atoms with van der Waals surface area (Å²) in [5.74, 6) is 1.72. The van der Waals surface area contributed by atoms with Gasteiger partial charge in [0.05, 0.1) is 11.6 Å². The predicted octanol–water partition coefficient (Wildman–Crippen LogP) is 3.03. The van der Waals surface area contributed by atoms with Crippen LogP contribution < -0.4 is 10.1 Å². The van der Waals surface area contributed by atoms with Gasteiger partial charge in [-0.2, -0.15) is 0 Å². The number of benzene rings is 1. The first kappa shape index (κ1) is 14.4. The van der Waals surface area contributed by atoms with Gasteiger partial charge in [-0.25, -0.2) is 0 Å². The van der Waals surface area contributed by atoms with Gasteiger partial charge >= 0.3 is 0 Å². The summed E-state index contributed by atoms with van der Waals surface area (Å²) in [6.45, 7) is 4.67. The minimum Gasteiger partial charge on any atom is -0.496 e. The third-order valence-corrected chi connectivity index (χ3v) is 4.98. The van der Waals surface area contributed by atoms with E-state index < -0.39 is 0 Å². The SMILES string of the molecule is COc1ccc(CNC[C@@H]2CCN(C3CC3)C2)cc1Br. The first-order valence-corrected chi connectivity index (χ1v) is 8.32. The van der Waals surface area contributed by atoms with E-state index in [1.54, 1.807) is 7.11 Å². The van der Waals surface area contributed by atoms with Gasteiger partial charge in [-0.1, -0.05) is 6.07 Å². The lowest BCUT2D eigenvalue weighted by molar-refractivity contribution is 0.312. The van der Waals surface area contributed by atoms with Gasteiger partial charge in [-0.15, -0.1) is 0 Å². The topological polar surface area (TPSA) is 24.5 Å². The molecule has 20 heavy (non-hydrogen) atoms. The van der Waals surface area contributed by atoms with Crippen molar-refractivity contribution >= 4 is 15.9 Å². The van der Waals surface area contributed by atoms with Crippen molar-refractivity contribution in [3.05, 3.63) is 28.2 Å². The molecule has 1 saturated heterocycles. The van der Waals surface area contributed by atoms with Crippen LogP contribution in [0.1, 0.15) is 24.8 Å². The van der Waals surface area contributed by atoms with Crippen molar-refractivity contribution in [2.24, 2.45) is 5.92 Å². The average Bonchev–Trinajstić information content (AvgIpc) is 3.19. The molecule has 1 aromatic rings. The zero-order valence-corrected chi connectivity index (χ0v) is 13.7. The molecule has 3 rings (SSSR count). The van der Waals surface area contributed by atoms with Gasteiger partial charge in [-0.3, -0.25) is 0 Å². The van der Waals surface area contributed by atoms with Crippen molar-refractivity contribution in [1.29, 1.82) is 0 Å². The Balaban J connectivity index is 1.42. The Morgan fingerprint density at radius 3 is 2.90 bits per heavy atom. The van der Waals surface area contributed by atoms with Crippen molar-refractivity contribution in [2.45, 2.75) is 31.8 Å². The highest BCUT2D eigenvalue weighted by Crippen LogP contribution is 2.31. The molecule has 1 saturated carbocycles. The standard InChI is InChI=1S/C16H23BrN2O/c1-20-16-5-2-12(8-15(16)17)9-18-10-13-6-7-19(11-13)14-3-4-14/h2,5,8,13-14,18H,3-4,6-7,9-11H2,1H3/t13-/m0/s1. The van der Waals surface area contributed by atoms with Crippen LogP contribution in [0.2, 0.25) is 0 Å². The number of halogens is 1. The molecular weight excluding hydrogens is 316 g/mol. The van der Waals surface area contributed by atoms with Crippen LogP contribution in [0.5, 0.6) is 5.75 Å². The highest BCUT2D eigenvalue weighted by Gasteiger charge is 2.33. The predicted molar refractivity (Wildman–Crippen MR) is 85.1 cm³/mol. The van der Waals surface area contributed by atoms with Crippen molar-refractivity contribution < 1.29 is 4.74 Å². The van der Waals surface area contributed by atoms with Crippen LogP contribution in [0.15, 0.2) is 22.7 Å². The fourth-order valence-electron chi connectivity index (χ4n) is 3.04. The molecule has 0 aromatic heterocycles. The largest absolute Gasteiger partial charge is 0.496 e. The van der Waals surface area contributed by atoms with Crippen LogP contribution in [0.25, 0.3) is 0 Å². The number of methoxy groups -OCH3 is 1. The number of nitrogens with zero attached hydrogens (tertiary/aromatic N) is 1. The summed E-state index contributed by atoms with van der Waals surface area (Å²) in [4.78, 5) is 2.68. The smallest absolute Gasteiger partial charge is 0.133 e. The fourth-order valence-corrected chi connectivity index (χ4v) is 3.63. The highest BCUT2D eigenvalue weighted by atomic mass is 79.9. The van der Waals surface area contributed by atoms with Crippen molar-refractivity contribution in [3.63, 3.8) is 0 Å². The van der Waals surface area contributed by atoms with Gasteiger partial charge in [0, 0.05) is 19.1 Å². The average molecular weight is 339 g/mol. The summed E-state index contributed by atoms with van der Waals surface area (Å²) < 4.78 is 6.28. The van der Waals surface area contributed by atoms with E-state index in [9.17, 15) is 0 Å². The van der Waals surface area contributed by atoms with E-state index in [1.807, 2.05) is 6.07 Å². The molecule has 1 aliphatic heterocycles. The van der Waals surface area contributed by atoms with Gasteiger partial charge in [-0.05, 0) is 71.9 Å². The summed E-state index contributed by atoms with van der Waals surface area (Å²) in [6, 6.07) is 7.21. The fraction of sp³-hybridized carbons (Fsp3) is 0.625. The molecule has 110 valence electrons. The molecule has 1 N–H and O–H groups in total. The second-order valence-electron chi connectivity index (χ2n) is 5.98. The minimum atomic E-state index is 0.831. The Morgan fingerprint density at radius 1 is 1.35 bits per heavy atom. The maximum Gasteiger partial charge on any atom is 0.133 e. The van der Waals surface area contributed by atoms with Crippen molar-refractivity contribution in [2.75, 3.05) is 26.7 Å². The Labute approximate surface area is 129 Å². The van der Waals surface area contributed by atoms with E-state index in [4.69, 9.17) is 4.74 Å². The van der Waals surface area contributed by atoms with Crippen LogP contribution in [0, 0.1) is 5.92 Å². The first-order chi connectivity index (χ1) is 9.76. The quantitative estimate of drug-likeness (QED) is 0.862. The lowest BCUT2D eigenvalue weighted by Crippen LogP contribution is -2.27. The van der Waals surface area contributed by atoms with Gasteiger partial charge < -0.3 is 15.0 Å². The van der Waals surface area contributed by atoms with Gasteiger partial charge in [0.2, 0.25) is 0 Å². The molecule has 0 radical (unpaired) electrons. The summed E-state index contributed by atoms with van der Waals surface area (Å²) in [5.41, 5.74) is 1.30. The van der Waals surface area contributed by atoms with Crippen LogP contribution >= 0.6 is 15.9 Å². The van der Waals surface area contributed by atoms with E-state index in [2.05, 4.69) is 38.3 Å². The molecule has 2 fully saturated rings. The van der Waals surface area contributed by atoms with E-state index in [0.717, 1.165) is 35.3 Å². The zero-order chi connectivity index (χ0) is 13.9. The molecule has 1 atom stereocenters. The number of ether oxygens (including phenoxy) is 1. The lowest BCUT2D eigenvalue weighted by atomic mass is 10.1. The Kier molecular flexibility index (Phi) is 4.64. The number of likely N-dealkylation sites (tertiary alicyclic amines) is 1. The molecular formula is C16H23BrN2O. The zero-order valence-electron chi connectivity index (χ0n) is 12.1. The van der Waals surface area contributed by atoms with Gasteiger partial charge in [0.25, 0.3) is 0 Å². The van der Waals surface area contributed by atoms with E-state index in [1.165, 1.54) is 37.9 Å². The molecule has 0 spiro atoms. The molecule has 1 aliphatic carbocycles. The maximum atomic E-state index is 5.25. The molecule has 2 aliphatic rings. The van der Waals surface area contributed by atoms with E-state index >= 15 is 0 Å². The number of rotatable bonds is 6. The summed E-state index contributed by atoms with van der Waals surface area (Å²) >= 11 is 3.54. The van der Waals surface area contributed by atoms with Crippen LogP contribution in [-0.2, 0) is 6.54 Å². The van der Waals surface area contributed by atoms with Crippen molar-refractivity contribution in [1.82, 2.24) is 10.2 Å².